The maximum atomic E-state index is 15.0. The SMILES string of the molecule is C[C@H](CC1CCC(/C(F)=C(\F)c2ccc(C=Cc3ccc(F)cc3)cc2)CC1)c1ccccc1. The minimum absolute atomic E-state index is 0.274. The van der Waals surface area contributed by atoms with Crippen LogP contribution >= 0.6 is 0 Å². The smallest absolute Gasteiger partial charge is 0.162 e. The van der Waals surface area contributed by atoms with Crippen molar-refractivity contribution in [3.05, 3.63) is 113 Å². The second kappa shape index (κ2) is 11.4. The zero-order chi connectivity index (χ0) is 23.9. The molecule has 1 aliphatic carbocycles. The van der Waals surface area contributed by atoms with Gasteiger partial charge in [0, 0.05) is 11.5 Å². The van der Waals surface area contributed by atoms with Crippen molar-refractivity contribution < 1.29 is 13.2 Å². The van der Waals surface area contributed by atoms with Crippen molar-refractivity contribution in [1.29, 1.82) is 0 Å². The number of rotatable bonds is 7. The third-order valence-electron chi connectivity index (χ3n) is 6.97. The molecule has 1 atom stereocenters. The molecule has 3 heteroatoms. The average molecular weight is 461 g/mol. The van der Waals surface area contributed by atoms with Gasteiger partial charge in [0.1, 0.15) is 11.6 Å². The van der Waals surface area contributed by atoms with Crippen molar-refractivity contribution >= 4 is 18.0 Å². The zero-order valence-electron chi connectivity index (χ0n) is 19.6. The summed E-state index contributed by atoms with van der Waals surface area (Å²) in [5.74, 6) is -0.910. The molecule has 0 heterocycles. The Morgan fingerprint density at radius 3 is 1.94 bits per heavy atom. The van der Waals surface area contributed by atoms with Crippen LogP contribution < -0.4 is 0 Å². The normalized spacial score (nSPS) is 20.2. The highest BCUT2D eigenvalue weighted by Crippen LogP contribution is 2.40. The Kier molecular flexibility index (Phi) is 8.05. The van der Waals surface area contributed by atoms with Gasteiger partial charge in [0.25, 0.3) is 0 Å². The Labute approximate surface area is 200 Å². The van der Waals surface area contributed by atoms with Crippen molar-refractivity contribution in [3.8, 4) is 0 Å². The largest absolute Gasteiger partial charge is 0.208 e. The molecule has 34 heavy (non-hydrogen) atoms. The molecule has 0 aromatic heterocycles. The van der Waals surface area contributed by atoms with Crippen molar-refractivity contribution in [2.45, 2.75) is 44.9 Å². The van der Waals surface area contributed by atoms with Gasteiger partial charge in [-0.05, 0) is 72.8 Å². The van der Waals surface area contributed by atoms with Crippen LogP contribution in [0.3, 0.4) is 0 Å². The van der Waals surface area contributed by atoms with E-state index in [1.165, 1.54) is 17.7 Å². The minimum atomic E-state index is -0.741. The lowest BCUT2D eigenvalue weighted by molar-refractivity contribution is 0.254. The number of benzene rings is 3. The fourth-order valence-electron chi connectivity index (χ4n) is 4.89. The van der Waals surface area contributed by atoms with Crippen LogP contribution in [0.5, 0.6) is 0 Å². The van der Waals surface area contributed by atoms with Crippen molar-refractivity contribution in [2.75, 3.05) is 0 Å². The first-order chi connectivity index (χ1) is 16.5. The lowest BCUT2D eigenvalue weighted by atomic mass is 9.76. The molecule has 0 radical (unpaired) electrons. The molecule has 0 saturated heterocycles. The van der Waals surface area contributed by atoms with E-state index in [9.17, 15) is 13.2 Å². The third-order valence-corrected chi connectivity index (χ3v) is 6.97. The van der Waals surface area contributed by atoms with E-state index in [1.54, 1.807) is 36.4 Å². The van der Waals surface area contributed by atoms with E-state index in [2.05, 4.69) is 31.2 Å². The van der Waals surface area contributed by atoms with Crippen molar-refractivity contribution in [1.82, 2.24) is 0 Å². The molecule has 0 N–H and O–H groups in total. The molecule has 3 aromatic carbocycles. The molecule has 1 saturated carbocycles. The van der Waals surface area contributed by atoms with Crippen molar-refractivity contribution in [2.24, 2.45) is 11.8 Å². The summed E-state index contributed by atoms with van der Waals surface area (Å²) in [6, 6.07) is 23.5. The summed E-state index contributed by atoms with van der Waals surface area (Å²) in [7, 11) is 0. The van der Waals surface area contributed by atoms with Gasteiger partial charge in [-0.2, -0.15) is 0 Å². The molecule has 0 bridgehead atoms. The first-order valence-electron chi connectivity index (χ1n) is 12.1. The minimum Gasteiger partial charge on any atom is -0.208 e. The standard InChI is InChI=1S/C31H31F3/c1-22(26-5-3-2-4-6-26)21-25-11-17-28(18-12-25)31(34)30(33)27-15-9-23(10-16-27)7-8-24-13-19-29(32)20-14-24/h2-10,13-16,19-20,22,25,28H,11-12,17-18,21H2,1H3/b8-7?,31-30+/t22-,25?,28?/m1/s1. The van der Waals surface area contributed by atoms with E-state index < -0.39 is 11.7 Å². The highest BCUT2D eigenvalue weighted by atomic mass is 19.2. The van der Waals surface area contributed by atoms with Gasteiger partial charge in [-0.25, -0.2) is 13.2 Å². The van der Waals surface area contributed by atoms with Crippen LogP contribution in [0, 0.1) is 17.7 Å². The summed E-state index contributed by atoms with van der Waals surface area (Å²) in [5, 5.41) is 0. The number of hydrogen-bond acceptors (Lipinski definition) is 0. The van der Waals surface area contributed by atoms with E-state index in [0.29, 0.717) is 24.7 Å². The van der Waals surface area contributed by atoms with Gasteiger partial charge in [-0.1, -0.05) is 85.8 Å². The van der Waals surface area contributed by atoms with Gasteiger partial charge in [0.15, 0.2) is 5.83 Å². The first kappa shape index (κ1) is 24.1. The summed E-state index contributed by atoms with van der Waals surface area (Å²) in [6.07, 6.45) is 8.10. The average Bonchev–Trinajstić information content (AvgIpc) is 2.89. The Hall–Kier alpha value is -3.07. The lowest BCUT2D eigenvalue weighted by Crippen LogP contribution is -2.17. The molecule has 0 amide bonds. The molecule has 0 aliphatic heterocycles. The molecule has 1 fully saturated rings. The van der Waals surface area contributed by atoms with E-state index >= 15 is 0 Å². The highest BCUT2D eigenvalue weighted by Gasteiger charge is 2.28. The van der Waals surface area contributed by atoms with E-state index in [4.69, 9.17) is 0 Å². The molecule has 3 aromatic rings. The van der Waals surface area contributed by atoms with E-state index in [1.807, 2.05) is 18.2 Å². The molecule has 4 rings (SSSR count). The fraction of sp³-hybridized carbons (Fsp3) is 0.290. The van der Waals surface area contributed by atoms with Gasteiger partial charge in [-0.3, -0.25) is 0 Å². The van der Waals surface area contributed by atoms with Crippen LogP contribution in [0.2, 0.25) is 0 Å². The van der Waals surface area contributed by atoms with Crippen LogP contribution in [-0.2, 0) is 0 Å². The summed E-state index contributed by atoms with van der Waals surface area (Å²) in [4.78, 5) is 0. The van der Waals surface area contributed by atoms with Gasteiger partial charge in [0.2, 0.25) is 0 Å². The van der Waals surface area contributed by atoms with Gasteiger partial charge >= 0.3 is 0 Å². The molecule has 0 unspecified atom stereocenters. The van der Waals surface area contributed by atoms with Gasteiger partial charge < -0.3 is 0 Å². The van der Waals surface area contributed by atoms with Crippen LogP contribution in [0.4, 0.5) is 13.2 Å². The van der Waals surface area contributed by atoms with E-state index in [-0.39, 0.29) is 17.3 Å². The molecule has 176 valence electrons. The zero-order valence-corrected chi connectivity index (χ0v) is 19.6. The Morgan fingerprint density at radius 1 is 0.794 bits per heavy atom. The number of allylic oxidation sites excluding steroid dienone is 1. The Morgan fingerprint density at radius 2 is 1.35 bits per heavy atom. The predicted octanol–water partition coefficient (Wildman–Crippen LogP) is 9.60. The fourth-order valence-corrected chi connectivity index (χ4v) is 4.89. The maximum Gasteiger partial charge on any atom is 0.162 e. The second-order valence-electron chi connectivity index (χ2n) is 9.43. The Balaban J connectivity index is 1.33. The second-order valence-corrected chi connectivity index (χ2v) is 9.43. The third kappa shape index (κ3) is 6.28. The summed E-state index contributed by atoms with van der Waals surface area (Å²) in [6.45, 7) is 2.25. The lowest BCUT2D eigenvalue weighted by Gasteiger charge is -2.29. The summed E-state index contributed by atoms with van der Waals surface area (Å²) >= 11 is 0. The monoisotopic (exact) mass is 460 g/mol. The summed E-state index contributed by atoms with van der Waals surface area (Å²) < 4.78 is 42.9. The van der Waals surface area contributed by atoms with Gasteiger partial charge in [-0.15, -0.1) is 0 Å². The molecular weight excluding hydrogens is 429 g/mol. The van der Waals surface area contributed by atoms with Crippen molar-refractivity contribution in [3.63, 3.8) is 0 Å². The van der Waals surface area contributed by atoms with Crippen LogP contribution in [0.1, 0.15) is 67.2 Å². The highest BCUT2D eigenvalue weighted by molar-refractivity contribution is 5.71. The maximum absolute atomic E-state index is 15.0. The molecular formula is C31H31F3. The van der Waals surface area contributed by atoms with Crippen LogP contribution in [0.15, 0.2) is 84.7 Å². The van der Waals surface area contributed by atoms with Crippen LogP contribution in [0.25, 0.3) is 18.0 Å². The summed E-state index contributed by atoms with van der Waals surface area (Å²) in [5.41, 5.74) is 3.36. The van der Waals surface area contributed by atoms with Crippen LogP contribution in [-0.4, -0.2) is 0 Å². The van der Waals surface area contributed by atoms with Gasteiger partial charge in [0.05, 0.1) is 0 Å². The van der Waals surface area contributed by atoms with E-state index in [0.717, 1.165) is 30.4 Å². The first-order valence-corrected chi connectivity index (χ1v) is 12.1. The quantitative estimate of drug-likeness (QED) is 0.308. The predicted molar refractivity (Wildman–Crippen MR) is 136 cm³/mol. The molecule has 1 aliphatic rings. The number of halogens is 3. The number of hydrogen-bond donors (Lipinski definition) is 0. The molecule has 0 nitrogen and oxygen atoms in total. The Bertz CT molecular complexity index is 1100. The topological polar surface area (TPSA) is 0 Å². The molecule has 0 spiro atoms.